The third-order valence-corrected chi connectivity index (χ3v) is 5.38. The van der Waals surface area contributed by atoms with Crippen LogP contribution in [0.15, 0.2) is 43.1 Å². The van der Waals surface area contributed by atoms with Crippen LogP contribution >= 0.6 is 0 Å². The predicted octanol–water partition coefficient (Wildman–Crippen LogP) is 2.03. The molecule has 2 aliphatic rings. The minimum atomic E-state index is -0.198. The van der Waals surface area contributed by atoms with Crippen LogP contribution in [-0.2, 0) is 16.0 Å². The van der Waals surface area contributed by atoms with Crippen molar-refractivity contribution in [2.24, 2.45) is 0 Å². The van der Waals surface area contributed by atoms with Crippen LogP contribution in [0.5, 0.6) is 5.88 Å². The van der Waals surface area contributed by atoms with Gasteiger partial charge in [0.1, 0.15) is 6.10 Å². The number of hydrogen-bond donors (Lipinski definition) is 0. The molecule has 0 saturated carbocycles. The molecular weight excluding hydrogens is 344 g/mol. The highest BCUT2D eigenvalue weighted by Crippen LogP contribution is 2.36. The van der Waals surface area contributed by atoms with Gasteiger partial charge in [0.15, 0.2) is 0 Å². The monoisotopic (exact) mass is 368 g/mol. The van der Waals surface area contributed by atoms with Gasteiger partial charge in [-0.3, -0.25) is 14.8 Å². The van der Waals surface area contributed by atoms with Crippen LogP contribution in [0.1, 0.15) is 31.2 Å². The number of carbonyl (C=O) groups excluding carboxylic acids is 1. The molecule has 142 valence electrons. The molecule has 0 N–H and O–H groups in total. The van der Waals surface area contributed by atoms with E-state index in [4.69, 9.17) is 9.47 Å². The van der Waals surface area contributed by atoms with Gasteiger partial charge in [-0.05, 0) is 24.5 Å². The molecule has 2 aliphatic heterocycles. The van der Waals surface area contributed by atoms with Crippen molar-refractivity contribution in [3.05, 3.63) is 48.7 Å². The summed E-state index contributed by atoms with van der Waals surface area (Å²) >= 11 is 0. The summed E-state index contributed by atoms with van der Waals surface area (Å²) < 4.78 is 12.2. The van der Waals surface area contributed by atoms with E-state index in [0.717, 1.165) is 44.3 Å². The molecule has 7 heteroatoms. The van der Waals surface area contributed by atoms with Crippen LogP contribution < -0.4 is 4.74 Å². The van der Waals surface area contributed by atoms with Crippen LogP contribution in [0, 0.1) is 0 Å². The van der Waals surface area contributed by atoms with Crippen molar-refractivity contribution in [1.82, 2.24) is 19.9 Å². The van der Waals surface area contributed by atoms with E-state index in [-0.39, 0.29) is 17.6 Å². The second-order valence-corrected chi connectivity index (χ2v) is 7.23. The van der Waals surface area contributed by atoms with Crippen LogP contribution in [0.25, 0.3) is 0 Å². The summed E-state index contributed by atoms with van der Waals surface area (Å²) in [5.41, 5.74) is 0.755. The van der Waals surface area contributed by atoms with Gasteiger partial charge < -0.3 is 14.4 Å². The number of carbonyl (C=O) groups is 1. The van der Waals surface area contributed by atoms with E-state index < -0.39 is 0 Å². The maximum Gasteiger partial charge on any atom is 0.232 e. The lowest BCUT2D eigenvalue weighted by Crippen LogP contribution is -2.52. The Morgan fingerprint density at radius 2 is 2.07 bits per heavy atom. The molecule has 2 saturated heterocycles. The van der Waals surface area contributed by atoms with Gasteiger partial charge in [0.2, 0.25) is 11.8 Å². The highest BCUT2D eigenvalue weighted by Gasteiger charge is 2.42. The molecule has 4 rings (SSSR count). The first-order valence-electron chi connectivity index (χ1n) is 9.46. The number of rotatable bonds is 4. The first kappa shape index (κ1) is 17.9. The van der Waals surface area contributed by atoms with E-state index in [1.807, 2.05) is 17.0 Å². The number of hydrogen-bond acceptors (Lipinski definition) is 6. The Balaban J connectivity index is 1.31. The molecule has 0 radical (unpaired) electrons. The minimum absolute atomic E-state index is 0.0769. The van der Waals surface area contributed by atoms with E-state index in [1.54, 1.807) is 31.0 Å². The van der Waals surface area contributed by atoms with Crippen molar-refractivity contribution >= 4 is 5.91 Å². The third-order valence-electron chi connectivity index (χ3n) is 5.38. The van der Waals surface area contributed by atoms with Crippen molar-refractivity contribution in [2.75, 3.05) is 19.7 Å². The quantitative estimate of drug-likeness (QED) is 0.822. The standard InChI is InChI=1S/C20H24N4O3/c25-19(12-16-2-1-6-21-14-16)24-9-4-20(5-10-24)13-17(3-11-26-20)27-18-15-22-7-8-23-18/h1-2,6-8,14-15,17H,3-5,9-13H2. The van der Waals surface area contributed by atoms with Crippen LogP contribution in [-0.4, -0.2) is 57.2 Å². The average molecular weight is 368 g/mol. The SMILES string of the molecule is O=C(Cc1cccnc1)N1CCC2(CC1)CC(Oc1cnccn1)CCO2. The number of piperidine rings is 1. The molecule has 1 atom stereocenters. The largest absolute Gasteiger partial charge is 0.473 e. The normalized spacial score (nSPS) is 21.8. The Bertz CT molecular complexity index is 748. The fourth-order valence-electron chi connectivity index (χ4n) is 3.90. The number of nitrogens with zero attached hydrogens (tertiary/aromatic N) is 4. The third kappa shape index (κ3) is 4.42. The van der Waals surface area contributed by atoms with Gasteiger partial charge in [-0.2, -0.15) is 0 Å². The lowest BCUT2D eigenvalue weighted by atomic mass is 9.83. The second kappa shape index (κ2) is 8.00. The molecule has 2 aromatic heterocycles. The fraction of sp³-hybridized carbons (Fsp3) is 0.500. The van der Waals surface area contributed by atoms with Gasteiger partial charge in [0.25, 0.3) is 0 Å². The highest BCUT2D eigenvalue weighted by molar-refractivity contribution is 5.78. The predicted molar refractivity (Wildman–Crippen MR) is 98.1 cm³/mol. The maximum absolute atomic E-state index is 12.6. The summed E-state index contributed by atoms with van der Waals surface area (Å²) in [4.78, 5) is 26.8. The summed E-state index contributed by atoms with van der Waals surface area (Å²) in [5, 5.41) is 0. The molecule has 4 heterocycles. The van der Waals surface area contributed by atoms with Crippen molar-refractivity contribution in [2.45, 2.75) is 43.8 Å². The van der Waals surface area contributed by atoms with E-state index in [9.17, 15) is 4.79 Å². The fourth-order valence-corrected chi connectivity index (χ4v) is 3.90. The van der Waals surface area contributed by atoms with E-state index in [1.165, 1.54) is 0 Å². The second-order valence-electron chi connectivity index (χ2n) is 7.23. The molecule has 2 aromatic rings. The molecular formula is C20H24N4O3. The Morgan fingerprint density at radius 3 is 2.81 bits per heavy atom. The van der Waals surface area contributed by atoms with Crippen molar-refractivity contribution < 1.29 is 14.3 Å². The van der Waals surface area contributed by atoms with Crippen molar-refractivity contribution in [1.29, 1.82) is 0 Å². The van der Waals surface area contributed by atoms with Crippen LogP contribution in [0.4, 0.5) is 0 Å². The van der Waals surface area contributed by atoms with Gasteiger partial charge >= 0.3 is 0 Å². The Morgan fingerprint density at radius 1 is 1.22 bits per heavy atom. The topological polar surface area (TPSA) is 77.4 Å². The lowest BCUT2D eigenvalue weighted by molar-refractivity contribution is -0.151. The number of ether oxygens (including phenoxy) is 2. The zero-order valence-electron chi connectivity index (χ0n) is 15.3. The molecule has 2 fully saturated rings. The highest BCUT2D eigenvalue weighted by atomic mass is 16.5. The average Bonchev–Trinajstić information content (AvgIpc) is 2.70. The van der Waals surface area contributed by atoms with Gasteiger partial charge in [-0.15, -0.1) is 0 Å². The molecule has 1 amide bonds. The molecule has 27 heavy (non-hydrogen) atoms. The Hall–Kier alpha value is -2.54. The molecule has 0 bridgehead atoms. The van der Waals surface area contributed by atoms with Gasteiger partial charge in [0, 0.05) is 50.7 Å². The van der Waals surface area contributed by atoms with E-state index in [2.05, 4.69) is 15.0 Å². The number of amides is 1. The Kier molecular flexibility index (Phi) is 5.29. The Labute approximate surface area is 158 Å². The van der Waals surface area contributed by atoms with Gasteiger partial charge in [0.05, 0.1) is 24.8 Å². The van der Waals surface area contributed by atoms with Crippen LogP contribution in [0.3, 0.4) is 0 Å². The van der Waals surface area contributed by atoms with Gasteiger partial charge in [-0.1, -0.05) is 6.07 Å². The van der Waals surface area contributed by atoms with Crippen molar-refractivity contribution in [3.8, 4) is 5.88 Å². The maximum atomic E-state index is 12.6. The van der Waals surface area contributed by atoms with Crippen molar-refractivity contribution in [3.63, 3.8) is 0 Å². The molecule has 0 aromatic carbocycles. The van der Waals surface area contributed by atoms with E-state index >= 15 is 0 Å². The number of pyridine rings is 1. The summed E-state index contributed by atoms with van der Waals surface area (Å²) in [6.45, 7) is 2.11. The minimum Gasteiger partial charge on any atom is -0.473 e. The first-order valence-corrected chi connectivity index (χ1v) is 9.46. The summed E-state index contributed by atoms with van der Waals surface area (Å²) in [6, 6.07) is 3.80. The molecule has 1 unspecified atom stereocenters. The molecule has 7 nitrogen and oxygen atoms in total. The zero-order chi connectivity index (χ0) is 18.5. The summed E-state index contributed by atoms with van der Waals surface area (Å²) in [6.07, 6.45) is 12.2. The smallest absolute Gasteiger partial charge is 0.232 e. The van der Waals surface area contributed by atoms with Gasteiger partial charge in [-0.25, -0.2) is 4.98 Å². The lowest BCUT2D eigenvalue weighted by Gasteiger charge is -2.45. The summed E-state index contributed by atoms with van der Waals surface area (Å²) in [7, 11) is 0. The first-order chi connectivity index (χ1) is 13.2. The molecule has 0 aliphatic carbocycles. The van der Waals surface area contributed by atoms with Crippen LogP contribution in [0.2, 0.25) is 0 Å². The zero-order valence-corrected chi connectivity index (χ0v) is 15.3. The number of aromatic nitrogens is 3. The summed E-state index contributed by atoms with van der Waals surface area (Å²) in [5.74, 6) is 0.713. The van der Waals surface area contributed by atoms with E-state index in [0.29, 0.717) is 18.9 Å². The number of likely N-dealkylation sites (tertiary alicyclic amines) is 1. The molecule has 1 spiro atoms.